The first-order valence-corrected chi connectivity index (χ1v) is 11.3. The Hall–Kier alpha value is -2.89. The maximum absolute atomic E-state index is 13.1. The summed E-state index contributed by atoms with van der Waals surface area (Å²) in [5, 5.41) is 0. The van der Waals surface area contributed by atoms with Crippen LogP contribution in [0.1, 0.15) is 27.8 Å². The smallest absolute Gasteiger partial charge is 0.270 e. The van der Waals surface area contributed by atoms with Crippen molar-refractivity contribution in [2.75, 3.05) is 4.90 Å². The van der Waals surface area contributed by atoms with Gasteiger partial charge in [-0.15, -0.1) is 0 Å². The summed E-state index contributed by atoms with van der Waals surface area (Å²) in [5.74, 6) is 0.712. The van der Waals surface area contributed by atoms with E-state index < -0.39 is 0 Å². The van der Waals surface area contributed by atoms with Gasteiger partial charge in [0.2, 0.25) is 0 Å². The average molecular weight is 446 g/mol. The van der Waals surface area contributed by atoms with Crippen LogP contribution in [0, 0.1) is 20.8 Å². The first-order chi connectivity index (χ1) is 14.9. The lowest BCUT2D eigenvalue weighted by Crippen LogP contribution is -2.28. The van der Waals surface area contributed by atoms with Gasteiger partial charge in [-0.1, -0.05) is 78.1 Å². The molecule has 4 rings (SSSR count). The van der Waals surface area contributed by atoms with E-state index in [1.807, 2.05) is 62.4 Å². The summed E-state index contributed by atoms with van der Waals surface area (Å²) in [5.41, 5.74) is 6.27. The molecule has 1 heterocycles. The summed E-state index contributed by atoms with van der Waals surface area (Å²) in [6.07, 6.45) is 1.88. The van der Waals surface area contributed by atoms with Crippen molar-refractivity contribution in [3.05, 3.63) is 99.5 Å². The molecule has 0 aromatic heterocycles. The third-order valence-electron chi connectivity index (χ3n) is 5.10. The van der Waals surface area contributed by atoms with E-state index in [4.69, 9.17) is 17.0 Å². The molecule has 1 aliphatic heterocycles. The van der Waals surface area contributed by atoms with Crippen molar-refractivity contribution in [2.45, 2.75) is 27.4 Å². The zero-order valence-electron chi connectivity index (χ0n) is 17.7. The molecule has 0 radical (unpaired) electrons. The number of ether oxygens (including phenoxy) is 1. The summed E-state index contributed by atoms with van der Waals surface area (Å²) in [4.78, 5) is 15.3. The van der Waals surface area contributed by atoms with Gasteiger partial charge in [0.25, 0.3) is 5.91 Å². The Morgan fingerprint density at radius 3 is 2.32 bits per heavy atom. The standard InChI is InChI=1S/C26H23NO2S2/c1-17-5-8-21(9-6-17)16-29-22-12-10-20(11-13-22)15-24-25(28)27(26(30)31-24)23-14-18(2)4-7-19(23)3/h4-15H,16H2,1-3H3/b24-15-. The lowest BCUT2D eigenvalue weighted by Gasteiger charge is -2.17. The van der Waals surface area contributed by atoms with Crippen LogP contribution in [0.4, 0.5) is 5.69 Å². The minimum Gasteiger partial charge on any atom is -0.489 e. The molecule has 1 amide bonds. The van der Waals surface area contributed by atoms with Gasteiger partial charge in [0.15, 0.2) is 4.32 Å². The normalized spacial score (nSPS) is 15.1. The molecule has 0 aliphatic carbocycles. The highest BCUT2D eigenvalue weighted by Crippen LogP contribution is 2.37. The molecule has 5 heteroatoms. The van der Waals surface area contributed by atoms with Gasteiger partial charge in [0.1, 0.15) is 12.4 Å². The van der Waals surface area contributed by atoms with Crippen molar-refractivity contribution in [1.82, 2.24) is 0 Å². The molecule has 3 aromatic carbocycles. The van der Waals surface area contributed by atoms with Gasteiger partial charge >= 0.3 is 0 Å². The Morgan fingerprint density at radius 2 is 1.61 bits per heavy atom. The number of amides is 1. The molecule has 0 unspecified atom stereocenters. The van der Waals surface area contributed by atoms with Crippen LogP contribution in [0.2, 0.25) is 0 Å². The van der Waals surface area contributed by atoms with Gasteiger partial charge in [-0.2, -0.15) is 0 Å². The minimum absolute atomic E-state index is 0.0802. The highest BCUT2D eigenvalue weighted by molar-refractivity contribution is 8.27. The van der Waals surface area contributed by atoms with Crippen molar-refractivity contribution in [3.8, 4) is 5.75 Å². The Kier molecular flexibility index (Phi) is 6.25. The largest absolute Gasteiger partial charge is 0.489 e. The molecule has 0 bridgehead atoms. The number of nitrogens with zero attached hydrogens (tertiary/aromatic N) is 1. The average Bonchev–Trinajstić information content (AvgIpc) is 3.03. The topological polar surface area (TPSA) is 29.5 Å². The van der Waals surface area contributed by atoms with Crippen LogP contribution in [-0.2, 0) is 11.4 Å². The number of rotatable bonds is 5. The van der Waals surface area contributed by atoms with Gasteiger partial charge in [0.05, 0.1) is 10.6 Å². The number of carbonyl (C=O) groups excluding carboxylic acids is 1. The fraction of sp³-hybridized carbons (Fsp3) is 0.154. The third-order valence-corrected chi connectivity index (χ3v) is 6.41. The zero-order chi connectivity index (χ0) is 22.0. The second-order valence-electron chi connectivity index (χ2n) is 7.65. The summed E-state index contributed by atoms with van der Waals surface area (Å²) < 4.78 is 6.43. The van der Waals surface area contributed by atoms with Crippen LogP contribution in [0.25, 0.3) is 6.08 Å². The number of anilines is 1. The second kappa shape index (κ2) is 9.08. The number of aryl methyl sites for hydroxylation is 3. The van der Waals surface area contributed by atoms with Crippen LogP contribution >= 0.6 is 24.0 Å². The monoisotopic (exact) mass is 445 g/mol. The zero-order valence-corrected chi connectivity index (χ0v) is 19.3. The lowest BCUT2D eigenvalue weighted by molar-refractivity contribution is -0.113. The molecule has 0 N–H and O–H groups in total. The predicted molar refractivity (Wildman–Crippen MR) is 134 cm³/mol. The molecule has 1 saturated heterocycles. The van der Waals surface area contributed by atoms with E-state index in [9.17, 15) is 4.79 Å². The van der Waals surface area contributed by atoms with Gasteiger partial charge < -0.3 is 4.74 Å². The predicted octanol–water partition coefficient (Wildman–Crippen LogP) is 6.60. The molecule has 1 aliphatic rings. The number of thioether (sulfide) groups is 1. The number of thiocarbonyl (C=S) groups is 1. The molecule has 31 heavy (non-hydrogen) atoms. The van der Waals surface area contributed by atoms with Crippen molar-refractivity contribution < 1.29 is 9.53 Å². The molecule has 156 valence electrons. The Labute approximate surface area is 192 Å². The van der Waals surface area contributed by atoms with Crippen molar-refractivity contribution in [1.29, 1.82) is 0 Å². The maximum atomic E-state index is 13.1. The minimum atomic E-state index is -0.0802. The number of hydrogen-bond donors (Lipinski definition) is 0. The highest BCUT2D eigenvalue weighted by Gasteiger charge is 2.34. The summed E-state index contributed by atoms with van der Waals surface area (Å²) >= 11 is 6.85. The second-order valence-corrected chi connectivity index (χ2v) is 9.33. The van der Waals surface area contributed by atoms with E-state index >= 15 is 0 Å². The first kappa shape index (κ1) is 21.3. The van der Waals surface area contributed by atoms with Crippen LogP contribution in [0.15, 0.2) is 71.6 Å². The quantitative estimate of drug-likeness (QED) is 0.327. The number of hydrogen-bond acceptors (Lipinski definition) is 4. The molecular weight excluding hydrogens is 422 g/mol. The van der Waals surface area contributed by atoms with E-state index in [0.29, 0.717) is 15.8 Å². The lowest BCUT2D eigenvalue weighted by atomic mass is 10.1. The molecule has 3 nitrogen and oxygen atoms in total. The van der Waals surface area contributed by atoms with Gasteiger partial charge in [-0.3, -0.25) is 9.69 Å². The Balaban J connectivity index is 1.47. The molecule has 0 atom stereocenters. The van der Waals surface area contributed by atoms with E-state index in [2.05, 4.69) is 31.2 Å². The summed E-state index contributed by atoms with van der Waals surface area (Å²) in [6.45, 7) is 6.60. The van der Waals surface area contributed by atoms with Gasteiger partial charge in [-0.05, 0) is 67.3 Å². The Morgan fingerprint density at radius 1 is 0.935 bits per heavy atom. The van der Waals surface area contributed by atoms with Gasteiger partial charge in [0, 0.05) is 0 Å². The van der Waals surface area contributed by atoms with Gasteiger partial charge in [-0.25, -0.2) is 0 Å². The highest BCUT2D eigenvalue weighted by atomic mass is 32.2. The molecule has 0 spiro atoms. The van der Waals surface area contributed by atoms with Crippen LogP contribution < -0.4 is 9.64 Å². The van der Waals surface area contributed by atoms with Crippen molar-refractivity contribution in [2.24, 2.45) is 0 Å². The summed E-state index contributed by atoms with van der Waals surface area (Å²) in [6, 6.07) is 22.1. The number of benzene rings is 3. The molecule has 3 aromatic rings. The fourth-order valence-corrected chi connectivity index (χ4v) is 4.58. The SMILES string of the molecule is Cc1ccc(COc2ccc(/C=C3\SC(=S)N(c4cc(C)ccc4C)C3=O)cc2)cc1. The first-order valence-electron chi connectivity index (χ1n) is 10.0. The van der Waals surface area contributed by atoms with E-state index in [1.54, 1.807) is 4.90 Å². The number of carbonyl (C=O) groups is 1. The van der Waals surface area contributed by atoms with Crippen LogP contribution in [-0.4, -0.2) is 10.2 Å². The fourth-order valence-electron chi connectivity index (χ4n) is 3.30. The van der Waals surface area contributed by atoms with Crippen molar-refractivity contribution >= 4 is 46.0 Å². The van der Waals surface area contributed by atoms with Crippen LogP contribution in [0.3, 0.4) is 0 Å². The van der Waals surface area contributed by atoms with Crippen LogP contribution in [0.5, 0.6) is 5.75 Å². The Bertz CT molecular complexity index is 1170. The molecule has 1 fully saturated rings. The van der Waals surface area contributed by atoms with E-state index in [0.717, 1.165) is 33.7 Å². The third kappa shape index (κ3) is 4.89. The summed E-state index contributed by atoms with van der Waals surface area (Å²) in [7, 11) is 0. The molecule has 0 saturated carbocycles. The van der Waals surface area contributed by atoms with E-state index in [-0.39, 0.29) is 5.91 Å². The maximum Gasteiger partial charge on any atom is 0.270 e. The van der Waals surface area contributed by atoms with E-state index in [1.165, 1.54) is 17.3 Å². The van der Waals surface area contributed by atoms with Crippen molar-refractivity contribution in [3.63, 3.8) is 0 Å². The molecular formula is C26H23NO2S2.